The Morgan fingerprint density at radius 3 is 2.44 bits per heavy atom. The Kier molecular flexibility index (Phi) is 3.99. The zero-order chi connectivity index (χ0) is 12.1. The fourth-order valence-corrected chi connectivity index (χ4v) is 1.60. The average Bonchev–Trinajstić information content (AvgIpc) is 2.26. The Morgan fingerprint density at radius 1 is 1.44 bits per heavy atom. The molecule has 0 aliphatic rings. The first-order valence-corrected chi connectivity index (χ1v) is 4.92. The third-order valence-electron chi connectivity index (χ3n) is 2.54. The predicted molar refractivity (Wildman–Crippen MR) is 57.9 cm³/mol. The first kappa shape index (κ1) is 12.2. The van der Waals surface area contributed by atoms with E-state index in [4.69, 9.17) is 5.11 Å². The molecule has 0 radical (unpaired) electrons. The lowest BCUT2D eigenvalue weighted by Gasteiger charge is -2.16. The Labute approximate surface area is 92.9 Å². The fourth-order valence-electron chi connectivity index (χ4n) is 1.60. The number of nitro groups is 1. The van der Waals surface area contributed by atoms with Gasteiger partial charge in [-0.1, -0.05) is 30.3 Å². The number of carbonyl (C=O) groups is 1. The van der Waals surface area contributed by atoms with Crippen LogP contribution in [0.1, 0.15) is 24.8 Å². The summed E-state index contributed by atoms with van der Waals surface area (Å²) in [4.78, 5) is 21.0. The molecule has 0 saturated carbocycles. The highest BCUT2D eigenvalue weighted by Gasteiger charge is 2.29. The van der Waals surface area contributed by atoms with Crippen molar-refractivity contribution < 1.29 is 14.8 Å². The van der Waals surface area contributed by atoms with E-state index in [-0.39, 0.29) is 6.42 Å². The summed E-state index contributed by atoms with van der Waals surface area (Å²) in [7, 11) is 0. The minimum absolute atomic E-state index is 0.230. The van der Waals surface area contributed by atoms with E-state index in [9.17, 15) is 14.9 Å². The van der Waals surface area contributed by atoms with E-state index in [1.165, 1.54) is 6.92 Å². The van der Waals surface area contributed by atoms with Gasteiger partial charge in [-0.25, -0.2) is 0 Å². The lowest BCUT2D eigenvalue weighted by Crippen LogP contribution is -2.26. The normalized spacial score (nSPS) is 14.1. The minimum Gasteiger partial charge on any atom is -0.481 e. The standard InChI is InChI=1S/C11H13NO4/c1-8(12(15)16)10(7-11(13)14)9-5-3-2-4-6-9/h2-6,8,10H,7H2,1H3,(H,13,14)/t8-,10+/m0/s1. The Hall–Kier alpha value is -1.91. The number of hydrogen-bond donors (Lipinski definition) is 1. The van der Waals surface area contributed by atoms with Crippen molar-refractivity contribution in [3.05, 3.63) is 46.0 Å². The highest BCUT2D eigenvalue weighted by Crippen LogP contribution is 2.24. The average molecular weight is 223 g/mol. The largest absolute Gasteiger partial charge is 0.481 e. The zero-order valence-corrected chi connectivity index (χ0v) is 8.87. The summed E-state index contributed by atoms with van der Waals surface area (Å²) < 4.78 is 0. The molecule has 0 saturated heterocycles. The molecule has 0 aromatic heterocycles. The van der Waals surface area contributed by atoms with Crippen LogP contribution < -0.4 is 0 Å². The molecular formula is C11H13NO4. The molecule has 1 aromatic carbocycles. The van der Waals surface area contributed by atoms with E-state index in [1.54, 1.807) is 30.3 Å². The number of benzene rings is 1. The van der Waals surface area contributed by atoms with E-state index in [1.807, 2.05) is 0 Å². The number of aliphatic carboxylic acids is 1. The molecule has 0 aliphatic heterocycles. The van der Waals surface area contributed by atoms with Crippen LogP contribution in [0, 0.1) is 10.1 Å². The molecule has 0 heterocycles. The molecule has 86 valence electrons. The third kappa shape index (κ3) is 3.05. The number of rotatable bonds is 5. The second-order valence-corrected chi connectivity index (χ2v) is 3.64. The van der Waals surface area contributed by atoms with E-state index in [2.05, 4.69) is 0 Å². The van der Waals surface area contributed by atoms with Gasteiger partial charge in [-0.15, -0.1) is 0 Å². The molecule has 16 heavy (non-hydrogen) atoms. The Morgan fingerprint density at radius 2 is 2.00 bits per heavy atom. The van der Waals surface area contributed by atoms with E-state index < -0.39 is 22.9 Å². The second-order valence-electron chi connectivity index (χ2n) is 3.64. The van der Waals surface area contributed by atoms with Crippen LogP contribution in [0.5, 0.6) is 0 Å². The summed E-state index contributed by atoms with van der Waals surface area (Å²) in [5.41, 5.74) is 0.689. The van der Waals surface area contributed by atoms with E-state index in [0.717, 1.165) is 0 Å². The van der Waals surface area contributed by atoms with E-state index >= 15 is 0 Å². The molecule has 2 atom stereocenters. The zero-order valence-electron chi connectivity index (χ0n) is 8.87. The van der Waals surface area contributed by atoms with E-state index in [0.29, 0.717) is 5.56 Å². The van der Waals surface area contributed by atoms with Crippen molar-refractivity contribution in [3.63, 3.8) is 0 Å². The molecule has 5 heteroatoms. The van der Waals surface area contributed by atoms with Crippen molar-refractivity contribution in [2.75, 3.05) is 0 Å². The molecule has 0 fully saturated rings. The molecule has 1 aromatic rings. The fraction of sp³-hybridized carbons (Fsp3) is 0.364. The molecule has 1 N–H and O–H groups in total. The van der Waals surface area contributed by atoms with Crippen LogP contribution in [0.3, 0.4) is 0 Å². The number of hydrogen-bond acceptors (Lipinski definition) is 3. The number of carboxylic acids is 1. The Balaban J connectivity index is 2.96. The summed E-state index contributed by atoms with van der Waals surface area (Å²) in [5, 5.41) is 19.5. The van der Waals surface area contributed by atoms with Gasteiger partial charge in [-0.3, -0.25) is 14.9 Å². The molecule has 0 aliphatic carbocycles. The lowest BCUT2D eigenvalue weighted by molar-refractivity contribution is -0.522. The third-order valence-corrected chi connectivity index (χ3v) is 2.54. The van der Waals surface area contributed by atoms with Gasteiger partial charge in [0.2, 0.25) is 6.04 Å². The van der Waals surface area contributed by atoms with Gasteiger partial charge in [0.05, 0.1) is 12.3 Å². The number of nitrogens with zero attached hydrogens (tertiary/aromatic N) is 1. The van der Waals surface area contributed by atoms with Crippen molar-refractivity contribution in [1.82, 2.24) is 0 Å². The molecular weight excluding hydrogens is 210 g/mol. The van der Waals surface area contributed by atoms with Crippen molar-refractivity contribution >= 4 is 5.97 Å². The SMILES string of the molecule is C[C@@H]([C@@H](CC(=O)O)c1ccccc1)[N+](=O)[O-]. The van der Waals surface area contributed by atoms with Gasteiger partial charge in [-0.2, -0.15) is 0 Å². The van der Waals surface area contributed by atoms with Crippen molar-refractivity contribution in [2.24, 2.45) is 0 Å². The predicted octanol–water partition coefficient (Wildman–Crippen LogP) is 1.91. The van der Waals surface area contributed by atoms with Crippen LogP contribution in [0.4, 0.5) is 0 Å². The lowest BCUT2D eigenvalue weighted by atomic mass is 9.90. The first-order chi connectivity index (χ1) is 7.52. The minimum atomic E-state index is -1.03. The van der Waals surface area contributed by atoms with Crippen LogP contribution in [0.15, 0.2) is 30.3 Å². The summed E-state index contributed by atoms with van der Waals surface area (Å²) in [6.07, 6.45) is -0.230. The van der Waals surface area contributed by atoms with Gasteiger partial charge in [0.1, 0.15) is 0 Å². The second kappa shape index (κ2) is 5.25. The molecule has 5 nitrogen and oxygen atoms in total. The van der Waals surface area contributed by atoms with Crippen LogP contribution in [-0.4, -0.2) is 22.0 Å². The summed E-state index contributed by atoms with van der Waals surface area (Å²) >= 11 is 0. The first-order valence-electron chi connectivity index (χ1n) is 4.92. The molecule has 1 rings (SSSR count). The van der Waals surface area contributed by atoms with Gasteiger partial charge in [0, 0.05) is 11.8 Å². The van der Waals surface area contributed by atoms with Crippen LogP contribution >= 0.6 is 0 Å². The van der Waals surface area contributed by atoms with Crippen LogP contribution in [0.2, 0.25) is 0 Å². The molecule has 0 bridgehead atoms. The van der Waals surface area contributed by atoms with Gasteiger partial charge in [0.25, 0.3) is 0 Å². The highest BCUT2D eigenvalue weighted by atomic mass is 16.6. The van der Waals surface area contributed by atoms with Crippen LogP contribution in [-0.2, 0) is 4.79 Å². The van der Waals surface area contributed by atoms with Gasteiger partial charge < -0.3 is 5.11 Å². The highest BCUT2D eigenvalue weighted by molar-refractivity contribution is 5.68. The summed E-state index contributed by atoms with van der Waals surface area (Å²) in [6, 6.07) is 7.81. The van der Waals surface area contributed by atoms with Crippen molar-refractivity contribution in [3.8, 4) is 0 Å². The monoisotopic (exact) mass is 223 g/mol. The maximum Gasteiger partial charge on any atom is 0.304 e. The molecule has 0 amide bonds. The Bertz CT molecular complexity index is 377. The summed E-state index contributed by atoms with van der Waals surface area (Å²) in [5.74, 6) is -1.61. The maximum atomic E-state index is 10.7. The maximum absolute atomic E-state index is 10.7. The van der Waals surface area contributed by atoms with Gasteiger partial charge in [0.15, 0.2) is 0 Å². The molecule has 0 spiro atoms. The van der Waals surface area contributed by atoms with Crippen molar-refractivity contribution in [1.29, 1.82) is 0 Å². The smallest absolute Gasteiger partial charge is 0.304 e. The van der Waals surface area contributed by atoms with Gasteiger partial charge in [-0.05, 0) is 5.56 Å². The quantitative estimate of drug-likeness (QED) is 0.610. The topological polar surface area (TPSA) is 80.4 Å². The van der Waals surface area contributed by atoms with Crippen LogP contribution in [0.25, 0.3) is 0 Å². The number of carboxylic acid groups (broad SMARTS) is 1. The summed E-state index contributed by atoms with van der Waals surface area (Å²) in [6.45, 7) is 1.43. The molecule has 0 unspecified atom stereocenters. The van der Waals surface area contributed by atoms with Crippen molar-refractivity contribution in [2.45, 2.75) is 25.3 Å². The van der Waals surface area contributed by atoms with Gasteiger partial charge >= 0.3 is 5.97 Å².